The first-order valence-corrected chi connectivity index (χ1v) is 7.16. The average molecular weight is 306 g/mol. The highest BCUT2D eigenvalue weighted by Gasteiger charge is 2.18. The Morgan fingerprint density at radius 2 is 1.82 bits per heavy atom. The molecule has 0 aliphatic rings. The van der Waals surface area contributed by atoms with Crippen LogP contribution in [0.4, 0.5) is 0 Å². The number of thiophene rings is 1. The van der Waals surface area contributed by atoms with Crippen molar-refractivity contribution in [2.45, 2.75) is 19.2 Å². The minimum absolute atomic E-state index is 0.210. The van der Waals surface area contributed by atoms with Crippen LogP contribution in [0.15, 0.2) is 24.3 Å². The highest BCUT2D eigenvalue weighted by Crippen LogP contribution is 2.39. The van der Waals surface area contributed by atoms with Gasteiger partial charge in [-0.25, -0.2) is 0 Å². The van der Waals surface area contributed by atoms with E-state index in [9.17, 15) is 0 Å². The van der Waals surface area contributed by atoms with E-state index in [4.69, 9.17) is 34.8 Å². The maximum atomic E-state index is 6.49. The fraction of sp³-hybridized carbons (Fsp3) is 0.231. The molecule has 1 atom stereocenters. The van der Waals surface area contributed by atoms with Crippen LogP contribution in [0.3, 0.4) is 0 Å². The van der Waals surface area contributed by atoms with E-state index in [-0.39, 0.29) is 5.38 Å². The molecule has 0 aliphatic carbocycles. The number of alkyl halides is 1. The highest BCUT2D eigenvalue weighted by molar-refractivity contribution is 7.12. The van der Waals surface area contributed by atoms with Crippen LogP contribution in [0.25, 0.3) is 0 Å². The van der Waals surface area contributed by atoms with Crippen LogP contribution >= 0.6 is 46.1 Å². The third kappa shape index (κ3) is 2.79. The highest BCUT2D eigenvalue weighted by atomic mass is 35.5. The lowest BCUT2D eigenvalue weighted by Gasteiger charge is -2.11. The number of halogens is 3. The molecule has 1 aromatic heterocycles. The van der Waals surface area contributed by atoms with Crippen LogP contribution in [0.5, 0.6) is 0 Å². The predicted octanol–water partition coefficient (Wildman–Crippen LogP) is 6.00. The molecule has 0 saturated heterocycles. The van der Waals surface area contributed by atoms with E-state index in [2.05, 4.69) is 19.9 Å². The van der Waals surface area contributed by atoms with Gasteiger partial charge in [0.25, 0.3) is 0 Å². The maximum absolute atomic E-state index is 6.49. The first-order valence-electron chi connectivity index (χ1n) is 5.15. The predicted molar refractivity (Wildman–Crippen MR) is 78.0 cm³/mol. The number of aryl methyl sites for hydroxylation is 2. The second-order valence-electron chi connectivity index (χ2n) is 3.93. The van der Waals surface area contributed by atoms with Crippen molar-refractivity contribution in [1.29, 1.82) is 0 Å². The molecule has 1 aromatic carbocycles. The summed E-state index contributed by atoms with van der Waals surface area (Å²) in [6, 6.07) is 7.56. The van der Waals surface area contributed by atoms with Crippen molar-refractivity contribution in [3.05, 3.63) is 55.2 Å². The molecule has 0 saturated carbocycles. The van der Waals surface area contributed by atoms with Gasteiger partial charge < -0.3 is 0 Å². The molecular weight excluding hydrogens is 295 g/mol. The van der Waals surface area contributed by atoms with E-state index in [0.717, 1.165) is 10.4 Å². The Bertz CT molecular complexity index is 546. The van der Waals surface area contributed by atoms with Crippen molar-refractivity contribution in [3.63, 3.8) is 0 Å². The van der Waals surface area contributed by atoms with Crippen LogP contribution in [-0.4, -0.2) is 0 Å². The zero-order valence-corrected chi connectivity index (χ0v) is 12.5. The molecule has 0 fully saturated rings. The Hall–Kier alpha value is -0.210. The van der Waals surface area contributed by atoms with Gasteiger partial charge in [-0.05, 0) is 43.2 Å². The molecule has 2 rings (SSSR count). The first kappa shape index (κ1) is 13.2. The molecular formula is C13H11Cl3S. The normalized spacial score (nSPS) is 12.8. The average Bonchev–Trinajstić information content (AvgIpc) is 2.57. The smallest absolute Gasteiger partial charge is 0.0944 e. The molecule has 0 bridgehead atoms. The molecule has 0 amide bonds. The maximum Gasteiger partial charge on any atom is 0.0944 e. The number of rotatable bonds is 2. The van der Waals surface area contributed by atoms with E-state index in [1.165, 1.54) is 10.4 Å². The van der Waals surface area contributed by atoms with Gasteiger partial charge in [-0.15, -0.1) is 22.9 Å². The van der Waals surface area contributed by atoms with Gasteiger partial charge in [0.2, 0.25) is 0 Å². The van der Waals surface area contributed by atoms with Gasteiger partial charge in [-0.3, -0.25) is 0 Å². The fourth-order valence-electron chi connectivity index (χ4n) is 1.76. The Morgan fingerprint density at radius 3 is 2.35 bits per heavy atom. The zero-order valence-electron chi connectivity index (χ0n) is 9.43. The lowest BCUT2D eigenvalue weighted by molar-refractivity contribution is 1.16. The summed E-state index contributed by atoms with van der Waals surface area (Å²) in [5.41, 5.74) is 2.11. The number of hydrogen-bond acceptors (Lipinski definition) is 1. The van der Waals surface area contributed by atoms with Gasteiger partial charge in [-0.1, -0.05) is 29.3 Å². The molecule has 0 N–H and O–H groups in total. The fourth-order valence-corrected chi connectivity index (χ4v) is 3.86. The van der Waals surface area contributed by atoms with E-state index in [1.54, 1.807) is 17.4 Å². The van der Waals surface area contributed by atoms with Crippen molar-refractivity contribution < 1.29 is 0 Å². The Balaban J connectivity index is 2.43. The number of hydrogen-bond donors (Lipinski definition) is 0. The summed E-state index contributed by atoms with van der Waals surface area (Å²) in [7, 11) is 0. The molecule has 17 heavy (non-hydrogen) atoms. The number of benzene rings is 1. The van der Waals surface area contributed by atoms with Crippen molar-refractivity contribution in [3.8, 4) is 0 Å². The standard InChI is InChI=1S/C13H11Cl3S/c1-7-5-8(2)17-13(7)12(16)10-4-3-9(14)6-11(10)15/h3-6,12H,1-2H3. The summed E-state index contributed by atoms with van der Waals surface area (Å²) in [4.78, 5) is 2.40. The van der Waals surface area contributed by atoms with Gasteiger partial charge in [0.05, 0.1) is 5.38 Å². The van der Waals surface area contributed by atoms with Crippen LogP contribution in [0, 0.1) is 13.8 Å². The molecule has 0 spiro atoms. The molecule has 1 unspecified atom stereocenters. The Labute approximate surface area is 120 Å². The molecule has 0 aliphatic heterocycles. The van der Waals surface area contributed by atoms with Crippen molar-refractivity contribution in [2.75, 3.05) is 0 Å². The van der Waals surface area contributed by atoms with Crippen molar-refractivity contribution in [1.82, 2.24) is 0 Å². The van der Waals surface area contributed by atoms with E-state index >= 15 is 0 Å². The van der Waals surface area contributed by atoms with E-state index < -0.39 is 0 Å². The Morgan fingerprint density at radius 1 is 1.12 bits per heavy atom. The second-order valence-corrected chi connectivity index (χ2v) is 6.50. The third-order valence-electron chi connectivity index (χ3n) is 2.55. The van der Waals surface area contributed by atoms with Crippen LogP contribution in [0.1, 0.15) is 26.3 Å². The Kier molecular flexibility index (Phi) is 4.04. The monoisotopic (exact) mass is 304 g/mol. The topological polar surface area (TPSA) is 0 Å². The van der Waals surface area contributed by atoms with Gasteiger partial charge >= 0.3 is 0 Å². The minimum Gasteiger partial charge on any atom is -0.143 e. The van der Waals surface area contributed by atoms with Gasteiger partial charge in [0, 0.05) is 19.8 Å². The molecule has 4 heteroatoms. The van der Waals surface area contributed by atoms with Crippen molar-refractivity contribution >= 4 is 46.1 Å². The SMILES string of the molecule is Cc1cc(C)c(C(Cl)c2ccc(Cl)cc2Cl)s1. The lowest BCUT2D eigenvalue weighted by atomic mass is 10.1. The largest absolute Gasteiger partial charge is 0.143 e. The summed E-state index contributed by atoms with van der Waals surface area (Å²) in [6.45, 7) is 4.15. The lowest BCUT2D eigenvalue weighted by Crippen LogP contribution is -1.93. The van der Waals surface area contributed by atoms with E-state index in [0.29, 0.717) is 10.0 Å². The van der Waals surface area contributed by atoms with Crippen molar-refractivity contribution in [2.24, 2.45) is 0 Å². The third-order valence-corrected chi connectivity index (χ3v) is 4.91. The molecule has 0 radical (unpaired) electrons. The second kappa shape index (κ2) is 5.19. The summed E-state index contributed by atoms with van der Waals surface area (Å²) < 4.78 is 0. The summed E-state index contributed by atoms with van der Waals surface area (Å²) >= 11 is 20.2. The molecule has 90 valence electrons. The molecule has 0 nitrogen and oxygen atoms in total. The van der Waals surface area contributed by atoms with Gasteiger partial charge in [0.1, 0.15) is 0 Å². The zero-order chi connectivity index (χ0) is 12.6. The molecule has 1 heterocycles. The minimum atomic E-state index is -0.210. The quantitative estimate of drug-likeness (QED) is 0.597. The van der Waals surface area contributed by atoms with Crippen LogP contribution < -0.4 is 0 Å². The molecule has 2 aromatic rings. The first-order chi connectivity index (χ1) is 7.99. The summed E-state index contributed by atoms with van der Waals surface area (Å²) in [6.07, 6.45) is 0. The summed E-state index contributed by atoms with van der Waals surface area (Å²) in [5, 5.41) is 1.03. The van der Waals surface area contributed by atoms with Gasteiger partial charge in [-0.2, -0.15) is 0 Å². The van der Waals surface area contributed by atoms with Crippen LogP contribution in [-0.2, 0) is 0 Å². The van der Waals surface area contributed by atoms with Crippen LogP contribution in [0.2, 0.25) is 10.0 Å². The van der Waals surface area contributed by atoms with Gasteiger partial charge in [0.15, 0.2) is 0 Å². The summed E-state index contributed by atoms with van der Waals surface area (Å²) in [5.74, 6) is 0. The van der Waals surface area contributed by atoms with E-state index in [1.807, 2.05) is 12.1 Å².